The Morgan fingerprint density at radius 2 is 2.00 bits per heavy atom. The normalized spacial score (nSPS) is 26.1. The standard InChI is InChI=1S/C19H27ClN5O4P/c20-18-22-16(24-10-19(11-24)6-2-1-3-7-19)14-8-21-25(17(14)23-18)15-5-4-13(29-15)9-28-12-30(26)27/h8,13,15,26-27H,1-7,9-12H2. The maximum atomic E-state index is 8.96. The average Bonchev–Trinajstić information content (AvgIpc) is 3.32. The van der Waals surface area contributed by atoms with E-state index in [0.29, 0.717) is 17.7 Å². The maximum Gasteiger partial charge on any atom is 0.226 e. The summed E-state index contributed by atoms with van der Waals surface area (Å²) in [4.78, 5) is 29.2. The van der Waals surface area contributed by atoms with Gasteiger partial charge >= 0.3 is 0 Å². The third-order valence-electron chi connectivity index (χ3n) is 6.54. The van der Waals surface area contributed by atoms with Gasteiger partial charge in [0.25, 0.3) is 0 Å². The third kappa shape index (κ3) is 4.04. The highest BCUT2D eigenvalue weighted by molar-refractivity contribution is 7.44. The molecule has 4 heterocycles. The van der Waals surface area contributed by atoms with Crippen LogP contribution in [0.15, 0.2) is 6.20 Å². The smallest absolute Gasteiger partial charge is 0.226 e. The molecular weight excluding hydrogens is 429 g/mol. The van der Waals surface area contributed by atoms with Crippen molar-refractivity contribution in [1.29, 1.82) is 0 Å². The molecule has 2 aromatic rings. The molecule has 11 heteroatoms. The molecule has 30 heavy (non-hydrogen) atoms. The second-order valence-corrected chi connectivity index (χ2v) is 10.1. The van der Waals surface area contributed by atoms with Crippen molar-refractivity contribution in [3.63, 3.8) is 0 Å². The molecule has 2 N–H and O–H groups in total. The molecule has 0 aromatic carbocycles. The van der Waals surface area contributed by atoms with Crippen LogP contribution >= 0.6 is 20.0 Å². The minimum Gasteiger partial charge on any atom is -0.369 e. The molecule has 0 radical (unpaired) electrons. The molecule has 1 aliphatic carbocycles. The summed E-state index contributed by atoms with van der Waals surface area (Å²) in [5.74, 6) is 0.865. The van der Waals surface area contributed by atoms with Gasteiger partial charge in [0, 0.05) is 18.5 Å². The summed E-state index contributed by atoms with van der Waals surface area (Å²) in [5.41, 5.74) is 1.14. The first-order chi connectivity index (χ1) is 14.5. The van der Waals surface area contributed by atoms with Crippen LogP contribution in [-0.2, 0) is 9.47 Å². The third-order valence-corrected chi connectivity index (χ3v) is 7.12. The summed E-state index contributed by atoms with van der Waals surface area (Å²) in [6.07, 6.45) is 9.59. The van der Waals surface area contributed by atoms with Crippen LogP contribution in [0.25, 0.3) is 11.0 Å². The number of nitrogens with zero attached hydrogens (tertiary/aromatic N) is 5. The van der Waals surface area contributed by atoms with E-state index < -0.39 is 8.38 Å². The lowest BCUT2D eigenvalue weighted by atomic mass is 9.68. The van der Waals surface area contributed by atoms with Gasteiger partial charge in [-0.15, -0.1) is 0 Å². The Kier molecular flexibility index (Phi) is 5.86. The molecule has 0 amide bonds. The predicted octanol–water partition coefficient (Wildman–Crippen LogP) is 3.20. The fraction of sp³-hybridized carbons (Fsp3) is 0.737. The van der Waals surface area contributed by atoms with Gasteiger partial charge in [0.1, 0.15) is 12.2 Å². The van der Waals surface area contributed by atoms with Gasteiger partial charge in [-0.1, -0.05) is 19.3 Å². The van der Waals surface area contributed by atoms with Crippen LogP contribution in [0.4, 0.5) is 5.82 Å². The summed E-state index contributed by atoms with van der Waals surface area (Å²) in [7, 11) is -2.04. The summed E-state index contributed by atoms with van der Waals surface area (Å²) >= 11 is 6.29. The van der Waals surface area contributed by atoms with Gasteiger partial charge in [-0.3, -0.25) is 0 Å². The van der Waals surface area contributed by atoms with Crippen molar-refractivity contribution in [2.45, 2.75) is 57.3 Å². The van der Waals surface area contributed by atoms with E-state index in [-0.39, 0.29) is 24.0 Å². The van der Waals surface area contributed by atoms with Gasteiger partial charge < -0.3 is 24.2 Å². The topological polar surface area (TPSA) is 106 Å². The van der Waals surface area contributed by atoms with Crippen molar-refractivity contribution in [3.05, 3.63) is 11.5 Å². The molecule has 2 atom stereocenters. The van der Waals surface area contributed by atoms with Gasteiger partial charge in [-0.05, 0) is 37.3 Å². The van der Waals surface area contributed by atoms with E-state index in [9.17, 15) is 0 Å². The zero-order valence-corrected chi connectivity index (χ0v) is 18.4. The molecule has 2 aliphatic heterocycles. The molecule has 164 valence electrons. The Morgan fingerprint density at radius 1 is 1.20 bits per heavy atom. The fourth-order valence-corrected chi connectivity index (χ4v) is 5.55. The van der Waals surface area contributed by atoms with Crippen LogP contribution in [0.2, 0.25) is 5.28 Å². The molecule has 2 saturated heterocycles. The SMILES string of the molecule is OP(O)COCC1CCC(n2ncc3c(N4CC5(CCCCC5)C4)nc(Cl)nc32)O1. The van der Waals surface area contributed by atoms with E-state index >= 15 is 0 Å². The molecule has 2 aromatic heterocycles. The van der Waals surface area contributed by atoms with E-state index in [4.69, 9.17) is 30.9 Å². The van der Waals surface area contributed by atoms with Crippen LogP contribution in [0, 0.1) is 5.41 Å². The Morgan fingerprint density at radius 3 is 2.77 bits per heavy atom. The lowest BCUT2D eigenvalue weighted by Crippen LogP contribution is -2.57. The van der Waals surface area contributed by atoms with E-state index in [1.165, 1.54) is 32.1 Å². The molecular formula is C19H27ClN5O4P. The first kappa shape index (κ1) is 20.8. The summed E-state index contributed by atoms with van der Waals surface area (Å²) in [6, 6.07) is 0. The fourth-order valence-electron chi connectivity index (χ4n) is 5.12. The van der Waals surface area contributed by atoms with Crippen LogP contribution in [0.1, 0.15) is 51.2 Å². The molecule has 3 fully saturated rings. The number of halogens is 1. The lowest BCUT2D eigenvalue weighted by molar-refractivity contribution is -0.0384. The minimum absolute atomic E-state index is 0.0614. The second kappa shape index (κ2) is 8.45. The number of fused-ring (bicyclic) bond motifs is 1. The molecule has 2 unspecified atom stereocenters. The highest BCUT2D eigenvalue weighted by atomic mass is 35.5. The van der Waals surface area contributed by atoms with Crippen LogP contribution in [0.5, 0.6) is 0 Å². The highest BCUT2D eigenvalue weighted by Gasteiger charge is 2.44. The molecule has 1 spiro atoms. The zero-order valence-electron chi connectivity index (χ0n) is 16.8. The number of rotatable bonds is 6. The quantitative estimate of drug-likeness (QED) is 0.505. The number of aromatic nitrogens is 4. The van der Waals surface area contributed by atoms with E-state index in [0.717, 1.165) is 37.1 Å². The predicted molar refractivity (Wildman–Crippen MR) is 113 cm³/mol. The highest BCUT2D eigenvalue weighted by Crippen LogP contribution is 2.46. The van der Waals surface area contributed by atoms with Gasteiger partial charge in [-0.2, -0.15) is 15.1 Å². The Balaban J connectivity index is 1.31. The molecule has 5 rings (SSSR count). The molecule has 1 saturated carbocycles. The summed E-state index contributed by atoms with van der Waals surface area (Å²) < 4.78 is 13.2. The maximum absolute atomic E-state index is 8.96. The van der Waals surface area contributed by atoms with Gasteiger partial charge in [0.15, 0.2) is 20.3 Å². The van der Waals surface area contributed by atoms with E-state index in [1.807, 2.05) is 6.20 Å². The number of hydrogen-bond acceptors (Lipinski definition) is 8. The largest absolute Gasteiger partial charge is 0.369 e. The van der Waals surface area contributed by atoms with Crippen molar-refractivity contribution < 1.29 is 19.3 Å². The first-order valence-electron chi connectivity index (χ1n) is 10.6. The molecule has 0 bridgehead atoms. The number of anilines is 1. The Bertz CT molecular complexity index is 898. The lowest BCUT2D eigenvalue weighted by Gasteiger charge is -2.53. The first-order valence-corrected chi connectivity index (χ1v) is 12.4. The van der Waals surface area contributed by atoms with Gasteiger partial charge in [0.2, 0.25) is 5.28 Å². The van der Waals surface area contributed by atoms with Crippen molar-refractivity contribution in [3.8, 4) is 0 Å². The summed E-state index contributed by atoms with van der Waals surface area (Å²) in [5, 5.41) is 5.68. The Hall–Kier alpha value is -1.09. The van der Waals surface area contributed by atoms with Crippen LogP contribution in [0.3, 0.4) is 0 Å². The molecule has 3 aliphatic rings. The van der Waals surface area contributed by atoms with E-state index in [1.54, 1.807) is 4.68 Å². The van der Waals surface area contributed by atoms with Gasteiger partial charge in [0.05, 0.1) is 24.3 Å². The Labute approximate surface area is 181 Å². The number of hydrogen-bond donors (Lipinski definition) is 2. The summed E-state index contributed by atoms with van der Waals surface area (Å²) in [6.45, 7) is 2.38. The number of ether oxygens (including phenoxy) is 2. The van der Waals surface area contributed by atoms with Crippen LogP contribution < -0.4 is 4.90 Å². The van der Waals surface area contributed by atoms with Crippen molar-refractivity contribution >= 4 is 36.8 Å². The zero-order chi connectivity index (χ0) is 20.7. The van der Waals surface area contributed by atoms with Crippen molar-refractivity contribution in [2.75, 3.05) is 30.9 Å². The monoisotopic (exact) mass is 455 g/mol. The van der Waals surface area contributed by atoms with E-state index in [2.05, 4.69) is 20.0 Å². The van der Waals surface area contributed by atoms with Crippen LogP contribution in [-0.4, -0.2) is 61.7 Å². The molecule has 9 nitrogen and oxygen atoms in total. The van der Waals surface area contributed by atoms with Gasteiger partial charge in [-0.25, -0.2) is 4.68 Å². The average molecular weight is 456 g/mol. The van der Waals surface area contributed by atoms with Crippen molar-refractivity contribution in [2.24, 2.45) is 5.41 Å². The minimum atomic E-state index is -2.04. The van der Waals surface area contributed by atoms with Crippen molar-refractivity contribution in [1.82, 2.24) is 19.7 Å². The second-order valence-electron chi connectivity index (χ2n) is 8.72.